The zero-order valence-electron chi connectivity index (χ0n) is 18.6. The molecule has 33 heavy (non-hydrogen) atoms. The predicted molar refractivity (Wildman–Crippen MR) is 121 cm³/mol. The third-order valence-corrected chi connectivity index (χ3v) is 4.49. The van der Waals surface area contributed by atoms with E-state index in [0.29, 0.717) is 81.6 Å². The van der Waals surface area contributed by atoms with E-state index >= 15 is 0 Å². The molecule has 0 fully saturated rings. The lowest BCUT2D eigenvalue weighted by Gasteiger charge is -2.16. The van der Waals surface area contributed by atoms with Crippen LogP contribution in [0.4, 0.5) is 4.79 Å². The van der Waals surface area contributed by atoms with Crippen molar-refractivity contribution < 1.29 is 33.2 Å². The monoisotopic (exact) mass is 459 g/mol. The van der Waals surface area contributed by atoms with Crippen LogP contribution in [-0.2, 0) is 9.47 Å². The van der Waals surface area contributed by atoms with Gasteiger partial charge in [-0.1, -0.05) is 12.1 Å². The van der Waals surface area contributed by atoms with Gasteiger partial charge < -0.3 is 34.2 Å². The Bertz CT molecular complexity index is 936. The van der Waals surface area contributed by atoms with Crippen LogP contribution in [0.3, 0.4) is 0 Å². The summed E-state index contributed by atoms with van der Waals surface area (Å²) in [7, 11) is 0. The van der Waals surface area contributed by atoms with E-state index in [1.165, 1.54) is 0 Å². The maximum absolute atomic E-state index is 10.9. The highest BCUT2D eigenvalue weighted by molar-refractivity contribution is 5.99. The predicted octanol–water partition coefficient (Wildman–Crippen LogP) is 2.34. The van der Waals surface area contributed by atoms with E-state index in [1.807, 2.05) is 30.3 Å². The van der Waals surface area contributed by atoms with Crippen LogP contribution in [0.1, 0.15) is 12.5 Å². The van der Waals surface area contributed by atoms with E-state index in [-0.39, 0.29) is 0 Å². The molecule has 0 saturated carbocycles. The number of nitrogens with zero attached hydrogens (tertiary/aromatic N) is 1. The van der Waals surface area contributed by atoms with Crippen LogP contribution in [0.15, 0.2) is 47.6 Å². The van der Waals surface area contributed by atoms with Gasteiger partial charge in [-0.3, -0.25) is 0 Å². The van der Waals surface area contributed by atoms with Crippen molar-refractivity contribution in [1.29, 1.82) is 0 Å². The highest BCUT2D eigenvalue weighted by Gasteiger charge is 2.10. The van der Waals surface area contributed by atoms with Gasteiger partial charge in [-0.05, 0) is 37.3 Å². The summed E-state index contributed by atoms with van der Waals surface area (Å²) >= 11 is 0. The summed E-state index contributed by atoms with van der Waals surface area (Å²) in [6.07, 6.45) is 0. The van der Waals surface area contributed by atoms with Crippen molar-refractivity contribution in [2.45, 2.75) is 6.92 Å². The Morgan fingerprint density at radius 1 is 0.758 bits per heavy atom. The molecule has 2 amide bonds. The molecule has 0 atom stereocenters. The summed E-state index contributed by atoms with van der Waals surface area (Å²) in [5, 5.41) is 3.95. The van der Waals surface area contributed by atoms with E-state index < -0.39 is 6.03 Å². The first-order chi connectivity index (χ1) is 16.1. The summed E-state index contributed by atoms with van der Waals surface area (Å²) < 4.78 is 34.5. The fourth-order valence-corrected chi connectivity index (χ4v) is 2.90. The van der Waals surface area contributed by atoms with Gasteiger partial charge in [0.05, 0.1) is 32.1 Å². The van der Waals surface area contributed by atoms with Crippen molar-refractivity contribution in [3.8, 4) is 23.0 Å². The van der Waals surface area contributed by atoms with E-state index in [0.717, 1.165) is 5.56 Å². The van der Waals surface area contributed by atoms with Gasteiger partial charge in [0.15, 0.2) is 23.0 Å². The molecule has 3 rings (SSSR count). The lowest BCUT2D eigenvalue weighted by molar-refractivity contribution is 0.0640. The van der Waals surface area contributed by atoms with Gasteiger partial charge in [0.1, 0.15) is 26.4 Å². The molecule has 0 saturated heterocycles. The molecule has 3 N–H and O–H groups in total. The molecule has 0 unspecified atom stereocenters. The summed E-state index contributed by atoms with van der Waals surface area (Å²) in [6.45, 7) is 4.71. The molecular formula is C23H29N3O7. The smallest absolute Gasteiger partial charge is 0.332 e. The van der Waals surface area contributed by atoms with Gasteiger partial charge in [-0.25, -0.2) is 10.2 Å². The molecule has 10 nitrogen and oxygen atoms in total. The molecule has 2 aromatic carbocycles. The number of rotatable bonds is 2. The van der Waals surface area contributed by atoms with Crippen molar-refractivity contribution in [3.05, 3.63) is 48.0 Å². The van der Waals surface area contributed by atoms with E-state index in [4.69, 9.17) is 34.2 Å². The van der Waals surface area contributed by atoms with Crippen LogP contribution in [0.2, 0.25) is 0 Å². The second-order valence-electron chi connectivity index (χ2n) is 6.90. The first-order valence-electron chi connectivity index (χ1n) is 10.6. The van der Waals surface area contributed by atoms with Gasteiger partial charge in [0, 0.05) is 5.56 Å². The van der Waals surface area contributed by atoms with Crippen LogP contribution in [0.5, 0.6) is 23.0 Å². The van der Waals surface area contributed by atoms with Crippen LogP contribution >= 0.6 is 0 Å². The number of carbonyl (C=O) groups is 1. The Morgan fingerprint density at radius 2 is 1.24 bits per heavy atom. The maximum atomic E-state index is 10.9. The topological polar surface area (TPSA) is 123 Å². The Labute approximate surface area is 192 Å². The summed E-state index contributed by atoms with van der Waals surface area (Å²) in [6, 6.07) is 12.1. The number of benzene rings is 2. The van der Waals surface area contributed by atoms with E-state index in [1.54, 1.807) is 19.1 Å². The number of urea groups is 1. The number of primary amides is 1. The second-order valence-corrected chi connectivity index (χ2v) is 6.90. The number of hydrazone groups is 1. The normalized spacial score (nSPS) is 16.2. The number of nitrogens with one attached hydrogen (secondary N) is 1. The van der Waals surface area contributed by atoms with Crippen LogP contribution in [-0.4, -0.2) is 64.6 Å². The maximum Gasteiger partial charge on any atom is 0.332 e. The Balaban J connectivity index is 1.64. The third kappa shape index (κ3) is 8.17. The number of ether oxygens (including phenoxy) is 6. The number of carbonyl (C=O) groups excluding carboxylic acids is 1. The van der Waals surface area contributed by atoms with Crippen molar-refractivity contribution in [1.82, 2.24) is 5.43 Å². The molecular weight excluding hydrogens is 430 g/mol. The van der Waals surface area contributed by atoms with Crippen molar-refractivity contribution >= 4 is 11.7 Å². The van der Waals surface area contributed by atoms with Crippen LogP contribution in [0.25, 0.3) is 0 Å². The molecule has 10 heteroatoms. The van der Waals surface area contributed by atoms with Gasteiger partial charge in [-0.15, -0.1) is 0 Å². The molecule has 0 aromatic heterocycles. The minimum Gasteiger partial charge on any atom is -0.487 e. The van der Waals surface area contributed by atoms with Crippen molar-refractivity contribution in [2.75, 3.05) is 52.9 Å². The highest BCUT2D eigenvalue weighted by atomic mass is 16.6. The van der Waals surface area contributed by atoms with Crippen LogP contribution < -0.4 is 30.1 Å². The zero-order chi connectivity index (χ0) is 23.3. The minimum atomic E-state index is -0.736. The second kappa shape index (κ2) is 13.1. The van der Waals surface area contributed by atoms with Crippen molar-refractivity contribution in [3.63, 3.8) is 0 Å². The third-order valence-electron chi connectivity index (χ3n) is 4.49. The molecule has 1 heterocycles. The number of hydrogen-bond donors (Lipinski definition) is 2. The molecule has 0 aliphatic carbocycles. The fraction of sp³-hybridized carbons (Fsp3) is 0.391. The Hall–Kier alpha value is -3.50. The number of para-hydroxylation sites is 2. The molecule has 1 aliphatic rings. The Morgan fingerprint density at radius 3 is 1.76 bits per heavy atom. The first kappa shape index (κ1) is 24.1. The quantitative estimate of drug-likeness (QED) is 0.522. The summed E-state index contributed by atoms with van der Waals surface area (Å²) in [5.41, 5.74) is 8.60. The van der Waals surface area contributed by atoms with Crippen molar-refractivity contribution in [2.24, 2.45) is 10.8 Å². The number of fused-ring (bicyclic) bond motifs is 2. The van der Waals surface area contributed by atoms with Gasteiger partial charge in [-0.2, -0.15) is 5.10 Å². The minimum absolute atomic E-state index is 0.311. The van der Waals surface area contributed by atoms with Gasteiger partial charge in [0.25, 0.3) is 0 Å². The lowest BCUT2D eigenvalue weighted by Crippen LogP contribution is -2.25. The van der Waals surface area contributed by atoms with Gasteiger partial charge in [0.2, 0.25) is 0 Å². The molecule has 1 aliphatic heterocycles. The molecule has 0 bridgehead atoms. The average Bonchev–Trinajstić information content (AvgIpc) is 2.82. The lowest BCUT2D eigenvalue weighted by atomic mass is 10.1. The largest absolute Gasteiger partial charge is 0.487 e. The van der Waals surface area contributed by atoms with Crippen LogP contribution in [0, 0.1) is 0 Å². The van der Waals surface area contributed by atoms with E-state index in [2.05, 4.69) is 10.5 Å². The summed E-state index contributed by atoms with van der Waals surface area (Å²) in [5.74, 6) is 2.41. The fourth-order valence-electron chi connectivity index (χ4n) is 2.90. The van der Waals surface area contributed by atoms with E-state index in [9.17, 15) is 4.79 Å². The first-order valence-corrected chi connectivity index (χ1v) is 10.6. The summed E-state index contributed by atoms with van der Waals surface area (Å²) in [4.78, 5) is 10.9. The zero-order valence-corrected chi connectivity index (χ0v) is 18.6. The molecule has 178 valence electrons. The SMILES string of the molecule is C/C(=N/NC(N)=O)c1ccc2c(c1)OCCOCCOc1ccccc1OCCOCCO2. The number of nitrogens with two attached hydrogens (primary N) is 1. The van der Waals surface area contributed by atoms with Gasteiger partial charge >= 0.3 is 6.03 Å². The average molecular weight is 459 g/mol. The molecule has 0 spiro atoms. The highest BCUT2D eigenvalue weighted by Crippen LogP contribution is 2.29. The number of amides is 2. The molecule has 2 aromatic rings. The molecule has 0 radical (unpaired) electrons. The number of hydrogen-bond acceptors (Lipinski definition) is 8. The standard InChI is InChI=1S/C23H29N3O7/c1-17(25-26-23(24)27)18-6-7-21-22(16-18)33-15-11-29-9-13-31-20-5-3-2-4-19(20)30-12-8-28-10-14-32-21/h2-7,16H,8-15H2,1H3,(H3,24,26,27)/b25-17-. The Kier molecular flexibility index (Phi) is 9.62.